The second kappa shape index (κ2) is 11.6. The van der Waals surface area contributed by atoms with E-state index in [-0.39, 0.29) is 24.0 Å². The molecule has 2 N–H and O–H groups in total. The third-order valence-corrected chi connectivity index (χ3v) is 7.07. The van der Waals surface area contributed by atoms with Crippen LogP contribution >= 0.6 is 0 Å². The number of anilines is 2. The molecule has 0 bridgehead atoms. The van der Waals surface area contributed by atoms with Gasteiger partial charge in [-0.15, -0.1) is 0 Å². The monoisotopic (exact) mass is 578 g/mol. The van der Waals surface area contributed by atoms with Gasteiger partial charge in [0.25, 0.3) is 5.91 Å². The number of urea groups is 1. The highest BCUT2D eigenvalue weighted by Gasteiger charge is 2.27. The van der Waals surface area contributed by atoms with E-state index in [0.29, 0.717) is 34.9 Å². The molecule has 5 aromatic rings. The van der Waals surface area contributed by atoms with Crippen molar-refractivity contribution in [2.75, 3.05) is 17.7 Å². The van der Waals surface area contributed by atoms with Crippen LogP contribution in [0, 0.1) is 12.7 Å². The molecule has 6 rings (SSSR count). The third-order valence-electron chi connectivity index (χ3n) is 7.07. The fourth-order valence-corrected chi connectivity index (χ4v) is 4.79. The summed E-state index contributed by atoms with van der Waals surface area (Å²) in [5, 5.41) is 9.83. The van der Waals surface area contributed by atoms with Gasteiger partial charge in [0.05, 0.1) is 42.4 Å². The molecule has 0 spiro atoms. The van der Waals surface area contributed by atoms with E-state index in [2.05, 4.69) is 20.7 Å². The van der Waals surface area contributed by atoms with Gasteiger partial charge in [-0.2, -0.15) is 5.10 Å². The van der Waals surface area contributed by atoms with Crippen LogP contribution in [0.3, 0.4) is 0 Å². The van der Waals surface area contributed by atoms with Crippen molar-refractivity contribution < 1.29 is 23.5 Å². The molecule has 0 saturated heterocycles. The molecule has 0 atom stereocenters. The fraction of sp³-hybridized carbons (Fsp3) is 0.125. The van der Waals surface area contributed by atoms with Crippen LogP contribution in [-0.4, -0.2) is 38.7 Å². The van der Waals surface area contributed by atoms with Crippen molar-refractivity contribution in [3.05, 3.63) is 119 Å². The SMILES string of the molecule is COc1ccc(CN2Cc3c(Oc4ccc(NC(=O)c5cnn(-c6ccccc6)c5C)cc4F)ccnc3NC2=O)cc1. The Kier molecular flexibility index (Phi) is 7.44. The highest BCUT2D eigenvalue weighted by molar-refractivity contribution is 6.05. The first-order valence-electron chi connectivity index (χ1n) is 13.4. The number of hydrogen-bond acceptors (Lipinski definition) is 6. The van der Waals surface area contributed by atoms with Gasteiger partial charge in [0.1, 0.15) is 17.3 Å². The molecule has 3 aromatic carbocycles. The maximum Gasteiger partial charge on any atom is 0.323 e. The van der Waals surface area contributed by atoms with Crippen LogP contribution in [0.4, 0.5) is 20.7 Å². The molecule has 216 valence electrons. The molecule has 0 aliphatic carbocycles. The Balaban J connectivity index is 1.16. The van der Waals surface area contributed by atoms with E-state index in [9.17, 15) is 9.59 Å². The molecule has 0 unspecified atom stereocenters. The zero-order chi connectivity index (χ0) is 29.9. The lowest BCUT2D eigenvalue weighted by Crippen LogP contribution is -2.38. The average Bonchev–Trinajstić information content (AvgIpc) is 3.41. The van der Waals surface area contributed by atoms with E-state index >= 15 is 4.39 Å². The van der Waals surface area contributed by atoms with Gasteiger partial charge in [-0.05, 0) is 55.0 Å². The summed E-state index contributed by atoms with van der Waals surface area (Å²) in [4.78, 5) is 31.6. The number of hydrogen-bond donors (Lipinski definition) is 2. The molecule has 43 heavy (non-hydrogen) atoms. The minimum absolute atomic E-state index is 0.0434. The van der Waals surface area contributed by atoms with Gasteiger partial charge >= 0.3 is 6.03 Å². The number of nitrogens with zero attached hydrogens (tertiary/aromatic N) is 4. The minimum Gasteiger partial charge on any atom is -0.497 e. The van der Waals surface area contributed by atoms with Crippen LogP contribution in [0.2, 0.25) is 0 Å². The molecular weight excluding hydrogens is 551 g/mol. The van der Waals surface area contributed by atoms with Gasteiger partial charge in [-0.1, -0.05) is 30.3 Å². The van der Waals surface area contributed by atoms with Crippen LogP contribution in [0.15, 0.2) is 91.3 Å². The smallest absolute Gasteiger partial charge is 0.323 e. The number of para-hydroxylation sites is 1. The van der Waals surface area contributed by atoms with Gasteiger partial charge < -0.3 is 19.7 Å². The number of pyridine rings is 1. The van der Waals surface area contributed by atoms with Crippen molar-refractivity contribution in [1.82, 2.24) is 19.7 Å². The predicted octanol–water partition coefficient (Wildman–Crippen LogP) is 6.32. The number of benzene rings is 3. The summed E-state index contributed by atoms with van der Waals surface area (Å²) in [7, 11) is 1.59. The van der Waals surface area contributed by atoms with Gasteiger partial charge in [0, 0.05) is 24.5 Å². The highest BCUT2D eigenvalue weighted by atomic mass is 19.1. The van der Waals surface area contributed by atoms with E-state index in [1.807, 2.05) is 54.6 Å². The number of rotatable bonds is 8. The maximum absolute atomic E-state index is 15.2. The van der Waals surface area contributed by atoms with Gasteiger partial charge in [0.2, 0.25) is 0 Å². The summed E-state index contributed by atoms with van der Waals surface area (Å²) in [6.07, 6.45) is 2.97. The van der Waals surface area contributed by atoms with Gasteiger partial charge in [-0.25, -0.2) is 18.9 Å². The normalized spacial score (nSPS) is 12.3. The lowest BCUT2D eigenvalue weighted by atomic mass is 10.1. The number of halogens is 1. The molecule has 3 amide bonds. The van der Waals surface area contributed by atoms with Crippen LogP contribution in [0.5, 0.6) is 17.2 Å². The Morgan fingerprint density at radius 3 is 2.58 bits per heavy atom. The van der Waals surface area contributed by atoms with Gasteiger partial charge in [-0.3, -0.25) is 10.1 Å². The summed E-state index contributed by atoms with van der Waals surface area (Å²) in [5.74, 6) is 0.296. The number of fused-ring (bicyclic) bond motifs is 1. The number of aromatic nitrogens is 3. The maximum atomic E-state index is 15.2. The lowest BCUT2D eigenvalue weighted by molar-refractivity contribution is 0.102. The molecular formula is C32H27FN6O4. The summed E-state index contributed by atoms with van der Waals surface area (Å²) >= 11 is 0. The van der Waals surface area contributed by atoms with Crippen LogP contribution in [0.25, 0.3) is 5.69 Å². The number of nitrogens with one attached hydrogen (secondary N) is 2. The van der Waals surface area contributed by atoms with E-state index in [1.165, 1.54) is 24.5 Å². The molecule has 0 fully saturated rings. The third kappa shape index (κ3) is 5.73. The Bertz CT molecular complexity index is 1810. The zero-order valence-electron chi connectivity index (χ0n) is 23.4. The number of carbonyl (C=O) groups is 2. The van der Waals surface area contributed by atoms with Crippen molar-refractivity contribution in [2.24, 2.45) is 0 Å². The first-order valence-corrected chi connectivity index (χ1v) is 13.4. The molecule has 0 saturated carbocycles. The standard InChI is InChI=1S/C32H27FN6O4/c1-20-25(17-35-39(20)23-6-4-3-5-7-23)31(40)36-22-10-13-29(27(33)16-22)43-28-14-15-34-30-26(28)19-38(32(41)37-30)18-21-8-11-24(42-2)12-9-21/h3-17H,18-19H2,1-2H3,(H,36,40)(H,34,37,41). The fourth-order valence-electron chi connectivity index (χ4n) is 4.79. The number of ether oxygens (including phenoxy) is 2. The Hall–Kier alpha value is -5.71. The van der Waals surface area contributed by atoms with E-state index in [1.54, 1.807) is 35.7 Å². The first-order chi connectivity index (χ1) is 20.9. The number of methoxy groups -OCH3 is 1. The predicted molar refractivity (Wildman–Crippen MR) is 158 cm³/mol. The quantitative estimate of drug-likeness (QED) is 0.223. The zero-order valence-corrected chi connectivity index (χ0v) is 23.4. The Labute approximate surface area is 246 Å². The van der Waals surface area contributed by atoms with Crippen molar-refractivity contribution in [3.8, 4) is 22.9 Å². The Morgan fingerprint density at radius 2 is 1.84 bits per heavy atom. The molecule has 0 radical (unpaired) electrons. The summed E-state index contributed by atoms with van der Waals surface area (Å²) < 4.78 is 28.0. The highest BCUT2D eigenvalue weighted by Crippen LogP contribution is 2.35. The van der Waals surface area contributed by atoms with Crippen molar-refractivity contribution in [1.29, 1.82) is 0 Å². The number of amides is 3. The molecule has 10 nitrogen and oxygen atoms in total. The molecule has 11 heteroatoms. The van der Waals surface area contributed by atoms with E-state index in [4.69, 9.17) is 9.47 Å². The Morgan fingerprint density at radius 1 is 1.05 bits per heavy atom. The van der Waals surface area contributed by atoms with Crippen molar-refractivity contribution in [3.63, 3.8) is 0 Å². The second-order valence-electron chi connectivity index (χ2n) is 9.86. The van der Waals surface area contributed by atoms with E-state index < -0.39 is 11.7 Å². The van der Waals surface area contributed by atoms with Crippen LogP contribution < -0.4 is 20.1 Å². The topological polar surface area (TPSA) is 111 Å². The largest absolute Gasteiger partial charge is 0.497 e. The summed E-state index contributed by atoms with van der Waals surface area (Å²) in [6.45, 7) is 2.35. The minimum atomic E-state index is -0.671. The molecule has 2 aromatic heterocycles. The van der Waals surface area contributed by atoms with Crippen molar-refractivity contribution in [2.45, 2.75) is 20.0 Å². The lowest BCUT2D eigenvalue weighted by Gasteiger charge is -2.29. The van der Waals surface area contributed by atoms with E-state index in [0.717, 1.165) is 17.0 Å². The second-order valence-corrected chi connectivity index (χ2v) is 9.86. The van der Waals surface area contributed by atoms with Crippen LogP contribution in [0.1, 0.15) is 27.2 Å². The first kappa shape index (κ1) is 27.5. The number of carbonyl (C=O) groups excluding carboxylic acids is 2. The van der Waals surface area contributed by atoms with Crippen LogP contribution in [-0.2, 0) is 13.1 Å². The molecule has 1 aliphatic rings. The van der Waals surface area contributed by atoms with Crippen molar-refractivity contribution >= 4 is 23.4 Å². The van der Waals surface area contributed by atoms with Gasteiger partial charge in [0.15, 0.2) is 11.6 Å². The molecule has 3 heterocycles. The summed E-state index contributed by atoms with van der Waals surface area (Å²) in [6, 6.07) is 22.4. The average molecular weight is 579 g/mol. The summed E-state index contributed by atoms with van der Waals surface area (Å²) in [5.41, 5.74) is 3.63. The molecule has 1 aliphatic heterocycles.